The van der Waals surface area contributed by atoms with Gasteiger partial charge in [-0.25, -0.2) is 0 Å². The lowest BCUT2D eigenvalue weighted by molar-refractivity contribution is 1.33. The molecule has 2 aromatic heterocycles. The lowest BCUT2D eigenvalue weighted by Gasteiger charge is -2.18. The van der Waals surface area contributed by atoms with E-state index in [1.807, 2.05) is 23.6 Å². The minimum absolute atomic E-state index is 1.01. The van der Waals surface area contributed by atoms with Crippen molar-refractivity contribution in [3.8, 4) is 44.0 Å². The Hall–Kier alpha value is -4.79. The molecule has 1 aliphatic carbocycles. The van der Waals surface area contributed by atoms with Crippen molar-refractivity contribution in [2.24, 2.45) is 0 Å². The first-order valence-electron chi connectivity index (χ1n) is 13.3. The molecule has 0 N–H and O–H groups in total. The molecule has 6 aromatic carbocycles. The quantitative estimate of drug-likeness (QED) is 0.166. The van der Waals surface area contributed by atoms with Gasteiger partial charge < -0.3 is 0 Å². The number of nitrogens with zero attached hydrogens (tertiary/aromatic N) is 1. The fourth-order valence-corrected chi connectivity index (χ4v) is 7.54. The molecule has 0 unspecified atom stereocenters. The van der Waals surface area contributed by atoms with E-state index in [-0.39, 0.29) is 0 Å². The standard InChI is InChI=1S/C37H21NS/c1-3-11-24-22(9-1)20-31-34-26(24)13-7-14-27(34)29-21-30-28(37(36(29)31)32-15-5-6-17-38-32)19-23-10-2-4-12-25(23)35(30)33-16-8-18-39-33/h1-21H. The first-order valence-corrected chi connectivity index (χ1v) is 14.2. The lowest BCUT2D eigenvalue weighted by atomic mass is 9.86. The predicted octanol–water partition coefficient (Wildman–Crippen LogP) is 10.7. The molecule has 0 radical (unpaired) electrons. The summed E-state index contributed by atoms with van der Waals surface area (Å²) in [5.41, 5.74) is 8.76. The summed E-state index contributed by atoms with van der Waals surface area (Å²) in [5, 5.41) is 12.5. The van der Waals surface area contributed by atoms with Gasteiger partial charge in [0, 0.05) is 27.8 Å². The second-order valence-corrected chi connectivity index (χ2v) is 11.3. The van der Waals surface area contributed by atoms with E-state index < -0.39 is 0 Å². The normalized spacial score (nSPS) is 12.1. The summed E-state index contributed by atoms with van der Waals surface area (Å²) < 4.78 is 0. The highest BCUT2D eigenvalue weighted by atomic mass is 32.1. The summed E-state index contributed by atoms with van der Waals surface area (Å²) in [6.07, 6.45) is 1.92. The molecule has 39 heavy (non-hydrogen) atoms. The van der Waals surface area contributed by atoms with Crippen LogP contribution in [0.15, 0.2) is 127 Å². The zero-order chi connectivity index (χ0) is 25.5. The van der Waals surface area contributed by atoms with Gasteiger partial charge in [0.2, 0.25) is 0 Å². The van der Waals surface area contributed by atoms with Crippen molar-refractivity contribution in [1.29, 1.82) is 0 Å². The van der Waals surface area contributed by atoms with Crippen LogP contribution in [0.2, 0.25) is 0 Å². The molecule has 1 nitrogen and oxygen atoms in total. The van der Waals surface area contributed by atoms with Crippen LogP contribution in [-0.2, 0) is 0 Å². The summed E-state index contributed by atoms with van der Waals surface area (Å²) >= 11 is 1.81. The molecular formula is C37H21NS. The fraction of sp³-hybridized carbons (Fsp3) is 0. The van der Waals surface area contributed by atoms with Crippen molar-refractivity contribution in [1.82, 2.24) is 4.98 Å². The van der Waals surface area contributed by atoms with Crippen LogP contribution < -0.4 is 0 Å². The number of hydrogen-bond acceptors (Lipinski definition) is 2. The van der Waals surface area contributed by atoms with Gasteiger partial charge in [-0.1, -0.05) is 78.9 Å². The first-order chi connectivity index (χ1) is 19.4. The number of rotatable bonds is 2. The third-order valence-corrected chi connectivity index (χ3v) is 9.19. The van der Waals surface area contributed by atoms with Gasteiger partial charge in [0.1, 0.15) is 0 Å². The number of thiophene rings is 1. The van der Waals surface area contributed by atoms with Crippen molar-refractivity contribution in [3.05, 3.63) is 127 Å². The highest BCUT2D eigenvalue weighted by Crippen LogP contribution is 2.56. The Balaban J connectivity index is 1.55. The Bertz CT molecular complexity index is 2260. The maximum Gasteiger partial charge on any atom is 0.0714 e. The zero-order valence-corrected chi connectivity index (χ0v) is 21.8. The summed E-state index contributed by atoms with van der Waals surface area (Å²) in [5.74, 6) is 0. The molecule has 1 aliphatic rings. The average Bonchev–Trinajstić information content (AvgIpc) is 3.63. The van der Waals surface area contributed by atoms with E-state index in [2.05, 4.69) is 115 Å². The molecule has 0 saturated heterocycles. The van der Waals surface area contributed by atoms with E-state index in [0.29, 0.717) is 0 Å². The van der Waals surface area contributed by atoms with Crippen molar-refractivity contribution in [2.45, 2.75) is 0 Å². The molecule has 0 aliphatic heterocycles. The highest BCUT2D eigenvalue weighted by molar-refractivity contribution is 7.13. The number of pyridine rings is 1. The average molecular weight is 512 g/mol. The predicted molar refractivity (Wildman–Crippen MR) is 167 cm³/mol. The third-order valence-electron chi connectivity index (χ3n) is 8.30. The first kappa shape index (κ1) is 21.2. The summed E-state index contributed by atoms with van der Waals surface area (Å²) in [4.78, 5) is 6.24. The molecule has 0 atom stereocenters. The monoisotopic (exact) mass is 511 g/mol. The molecule has 8 aromatic rings. The fourth-order valence-electron chi connectivity index (χ4n) is 6.75. The van der Waals surface area contributed by atoms with E-state index >= 15 is 0 Å². The maximum absolute atomic E-state index is 4.94. The molecule has 9 rings (SSSR count). The van der Waals surface area contributed by atoms with E-state index in [9.17, 15) is 0 Å². The Labute approximate surface area is 229 Å². The van der Waals surface area contributed by atoms with Crippen molar-refractivity contribution in [2.75, 3.05) is 0 Å². The molecule has 180 valence electrons. The summed E-state index contributed by atoms with van der Waals surface area (Å²) in [6, 6.07) is 42.3. The van der Waals surface area contributed by atoms with Crippen molar-refractivity contribution < 1.29 is 0 Å². The van der Waals surface area contributed by atoms with Gasteiger partial charge >= 0.3 is 0 Å². The number of benzene rings is 6. The molecule has 0 bridgehead atoms. The van der Waals surface area contributed by atoms with Gasteiger partial charge in [-0.3, -0.25) is 4.98 Å². The Kier molecular flexibility index (Phi) is 4.27. The van der Waals surface area contributed by atoms with Crippen LogP contribution in [0, 0.1) is 0 Å². The molecule has 0 fully saturated rings. The zero-order valence-electron chi connectivity index (χ0n) is 21.0. The summed E-state index contributed by atoms with van der Waals surface area (Å²) in [7, 11) is 0. The topological polar surface area (TPSA) is 12.9 Å². The smallest absolute Gasteiger partial charge is 0.0714 e. The van der Waals surface area contributed by atoms with E-state index in [1.54, 1.807) is 0 Å². The molecule has 0 amide bonds. The lowest BCUT2D eigenvalue weighted by Crippen LogP contribution is -1.93. The van der Waals surface area contributed by atoms with Crippen LogP contribution in [-0.4, -0.2) is 4.98 Å². The van der Waals surface area contributed by atoms with E-state index in [4.69, 9.17) is 4.98 Å². The SMILES string of the molecule is c1ccc(-c2c3c(cc4c(-c5cccs5)c5ccccc5cc24)-c2cccc4c2c-3cc2ccccc24)nc1. The molecule has 2 heteroatoms. The Morgan fingerprint density at radius 3 is 2.05 bits per heavy atom. The van der Waals surface area contributed by atoms with Gasteiger partial charge in [-0.2, -0.15) is 0 Å². The maximum atomic E-state index is 4.94. The molecule has 0 saturated carbocycles. The Morgan fingerprint density at radius 2 is 1.23 bits per heavy atom. The second-order valence-electron chi connectivity index (χ2n) is 10.3. The van der Waals surface area contributed by atoms with Crippen LogP contribution in [0.5, 0.6) is 0 Å². The molecule has 2 heterocycles. The van der Waals surface area contributed by atoms with Gasteiger partial charge in [-0.05, 0) is 102 Å². The number of hydrogen-bond donors (Lipinski definition) is 0. The highest BCUT2D eigenvalue weighted by Gasteiger charge is 2.29. The van der Waals surface area contributed by atoms with Crippen molar-refractivity contribution in [3.63, 3.8) is 0 Å². The van der Waals surface area contributed by atoms with Crippen LogP contribution in [0.1, 0.15) is 0 Å². The molecular weight excluding hydrogens is 490 g/mol. The van der Waals surface area contributed by atoms with Gasteiger partial charge in [0.25, 0.3) is 0 Å². The van der Waals surface area contributed by atoms with Crippen LogP contribution in [0.25, 0.3) is 87.0 Å². The number of aromatic nitrogens is 1. The van der Waals surface area contributed by atoms with Crippen LogP contribution in [0.3, 0.4) is 0 Å². The largest absolute Gasteiger partial charge is 0.256 e. The van der Waals surface area contributed by atoms with Gasteiger partial charge in [0.05, 0.1) is 5.69 Å². The summed E-state index contributed by atoms with van der Waals surface area (Å²) in [6.45, 7) is 0. The Morgan fingerprint density at radius 1 is 0.462 bits per heavy atom. The second kappa shape index (κ2) is 7.86. The van der Waals surface area contributed by atoms with Gasteiger partial charge in [-0.15, -0.1) is 11.3 Å². The number of fused-ring (bicyclic) bond motifs is 7. The van der Waals surface area contributed by atoms with E-state index in [0.717, 1.165) is 5.69 Å². The van der Waals surface area contributed by atoms with Crippen molar-refractivity contribution >= 4 is 54.4 Å². The van der Waals surface area contributed by atoms with Crippen LogP contribution >= 0.6 is 11.3 Å². The third kappa shape index (κ3) is 2.87. The minimum atomic E-state index is 1.01. The van der Waals surface area contributed by atoms with Crippen LogP contribution in [0.4, 0.5) is 0 Å². The molecule has 0 spiro atoms. The minimum Gasteiger partial charge on any atom is -0.256 e. The van der Waals surface area contributed by atoms with Gasteiger partial charge in [0.15, 0.2) is 0 Å². The van der Waals surface area contributed by atoms with E-state index in [1.165, 1.54) is 81.3 Å².